The molecular weight excluding hydrogens is 296 g/mol. The summed E-state index contributed by atoms with van der Waals surface area (Å²) in [4.78, 5) is 0. The van der Waals surface area contributed by atoms with Crippen molar-refractivity contribution in [3.63, 3.8) is 0 Å². The molecule has 1 N–H and O–H groups in total. The normalized spacial score (nSPS) is 16.9. The summed E-state index contributed by atoms with van der Waals surface area (Å²) in [6.45, 7) is -2.79. The van der Waals surface area contributed by atoms with Crippen molar-refractivity contribution in [2.75, 3.05) is 5.32 Å². The number of ether oxygens (including phenoxy) is 1. The summed E-state index contributed by atoms with van der Waals surface area (Å²) in [6.07, 6.45) is 1.84. The van der Waals surface area contributed by atoms with Crippen LogP contribution in [0, 0.1) is 0 Å². The van der Waals surface area contributed by atoms with Crippen molar-refractivity contribution in [3.8, 4) is 5.75 Å². The quantitative estimate of drug-likeness (QED) is 0.896. The van der Waals surface area contributed by atoms with Crippen molar-refractivity contribution in [3.05, 3.63) is 58.6 Å². The van der Waals surface area contributed by atoms with Crippen molar-refractivity contribution in [2.45, 2.75) is 25.5 Å². The van der Waals surface area contributed by atoms with Crippen molar-refractivity contribution in [2.24, 2.45) is 0 Å². The smallest absolute Gasteiger partial charge is 0.387 e. The van der Waals surface area contributed by atoms with Gasteiger partial charge in [0, 0.05) is 16.8 Å². The Bertz CT molecular complexity index is 631. The number of hydrogen-bond donors (Lipinski definition) is 1. The van der Waals surface area contributed by atoms with E-state index < -0.39 is 6.61 Å². The fourth-order valence-corrected chi connectivity index (χ4v) is 2.85. The average molecular weight is 310 g/mol. The van der Waals surface area contributed by atoms with Gasteiger partial charge in [-0.05, 0) is 60.4 Å². The van der Waals surface area contributed by atoms with Crippen LogP contribution in [-0.4, -0.2) is 12.7 Å². The molecule has 1 aliphatic carbocycles. The van der Waals surface area contributed by atoms with E-state index in [1.807, 2.05) is 12.1 Å². The Balaban J connectivity index is 1.63. The first kappa shape index (κ1) is 14.1. The third-order valence-electron chi connectivity index (χ3n) is 3.55. The van der Waals surface area contributed by atoms with Crippen LogP contribution in [-0.2, 0) is 12.8 Å². The minimum Gasteiger partial charge on any atom is -0.435 e. The van der Waals surface area contributed by atoms with Crippen molar-refractivity contribution in [1.29, 1.82) is 0 Å². The van der Waals surface area contributed by atoms with Crippen molar-refractivity contribution in [1.82, 2.24) is 0 Å². The molecular formula is C16H14ClF2NO. The molecule has 0 saturated heterocycles. The van der Waals surface area contributed by atoms with Gasteiger partial charge in [0.05, 0.1) is 0 Å². The zero-order valence-electron chi connectivity index (χ0n) is 11.2. The zero-order valence-corrected chi connectivity index (χ0v) is 11.9. The summed E-state index contributed by atoms with van der Waals surface area (Å²) in [5.41, 5.74) is 3.45. The predicted octanol–water partition coefficient (Wildman–Crippen LogP) is 4.52. The summed E-state index contributed by atoms with van der Waals surface area (Å²) < 4.78 is 28.5. The van der Waals surface area contributed by atoms with Crippen molar-refractivity contribution >= 4 is 17.3 Å². The van der Waals surface area contributed by atoms with E-state index in [0.717, 1.165) is 23.6 Å². The minimum absolute atomic E-state index is 0.164. The highest BCUT2D eigenvalue weighted by Gasteiger charge is 2.21. The number of alkyl halides is 2. The third kappa shape index (κ3) is 3.45. The summed E-state index contributed by atoms with van der Waals surface area (Å²) in [5, 5.41) is 4.15. The molecule has 110 valence electrons. The van der Waals surface area contributed by atoms with Crippen LogP contribution < -0.4 is 10.1 Å². The molecule has 2 aromatic carbocycles. The van der Waals surface area contributed by atoms with Crippen LogP contribution >= 0.6 is 11.6 Å². The second-order valence-electron chi connectivity index (χ2n) is 5.07. The van der Waals surface area contributed by atoms with Crippen molar-refractivity contribution < 1.29 is 13.5 Å². The lowest BCUT2D eigenvalue weighted by atomic mass is 10.1. The topological polar surface area (TPSA) is 21.3 Å². The van der Waals surface area contributed by atoms with E-state index >= 15 is 0 Å². The van der Waals surface area contributed by atoms with Gasteiger partial charge in [-0.3, -0.25) is 0 Å². The Labute approximate surface area is 126 Å². The number of rotatable bonds is 4. The largest absolute Gasteiger partial charge is 0.435 e. The SMILES string of the molecule is FC(F)Oc1ccc(NC2Cc3ccc(Cl)cc3C2)cc1. The molecule has 0 aliphatic heterocycles. The minimum atomic E-state index is -2.79. The molecule has 0 radical (unpaired) electrons. The van der Waals surface area contributed by atoms with Gasteiger partial charge < -0.3 is 10.1 Å². The number of halogens is 3. The van der Waals surface area contributed by atoms with E-state index in [4.69, 9.17) is 11.6 Å². The lowest BCUT2D eigenvalue weighted by Gasteiger charge is -2.14. The van der Waals surface area contributed by atoms with Crippen LogP contribution in [0.2, 0.25) is 5.02 Å². The molecule has 3 rings (SSSR count). The molecule has 2 nitrogen and oxygen atoms in total. The monoisotopic (exact) mass is 309 g/mol. The second-order valence-corrected chi connectivity index (χ2v) is 5.50. The maximum atomic E-state index is 12.1. The zero-order chi connectivity index (χ0) is 14.8. The van der Waals surface area contributed by atoms with Gasteiger partial charge in [-0.1, -0.05) is 17.7 Å². The van der Waals surface area contributed by atoms with E-state index in [0.29, 0.717) is 6.04 Å². The Morgan fingerprint density at radius 3 is 2.48 bits per heavy atom. The lowest BCUT2D eigenvalue weighted by molar-refractivity contribution is -0.0498. The first-order chi connectivity index (χ1) is 10.1. The van der Waals surface area contributed by atoms with Gasteiger partial charge in [0.1, 0.15) is 5.75 Å². The molecule has 1 unspecified atom stereocenters. The highest BCUT2D eigenvalue weighted by atomic mass is 35.5. The molecule has 0 spiro atoms. The maximum absolute atomic E-state index is 12.1. The lowest BCUT2D eigenvalue weighted by Crippen LogP contribution is -2.19. The van der Waals surface area contributed by atoms with Crippen LogP contribution in [0.25, 0.3) is 0 Å². The summed E-state index contributed by atoms with van der Waals surface area (Å²) in [6, 6.07) is 12.8. The van der Waals surface area contributed by atoms with Gasteiger partial charge in [0.25, 0.3) is 0 Å². The third-order valence-corrected chi connectivity index (χ3v) is 3.79. The number of hydrogen-bond acceptors (Lipinski definition) is 2. The first-order valence-electron chi connectivity index (χ1n) is 6.69. The Morgan fingerprint density at radius 1 is 1.05 bits per heavy atom. The fraction of sp³-hybridized carbons (Fsp3) is 0.250. The van der Waals surface area contributed by atoms with Crippen LogP contribution in [0.5, 0.6) is 5.75 Å². The molecule has 0 aromatic heterocycles. The Morgan fingerprint density at radius 2 is 1.76 bits per heavy atom. The van der Waals surface area contributed by atoms with Crippen LogP contribution in [0.1, 0.15) is 11.1 Å². The van der Waals surface area contributed by atoms with Gasteiger partial charge in [0.15, 0.2) is 0 Å². The highest BCUT2D eigenvalue weighted by molar-refractivity contribution is 6.30. The molecule has 1 atom stereocenters. The van der Waals surface area contributed by atoms with Gasteiger partial charge in [-0.15, -0.1) is 0 Å². The fourth-order valence-electron chi connectivity index (χ4n) is 2.66. The number of nitrogens with one attached hydrogen (secondary N) is 1. The molecule has 21 heavy (non-hydrogen) atoms. The number of anilines is 1. The number of benzene rings is 2. The van der Waals surface area contributed by atoms with Gasteiger partial charge in [-0.2, -0.15) is 8.78 Å². The van der Waals surface area contributed by atoms with Crippen LogP contribution in [0.4, 0.5) is 14.5 Å². The number of fused-ring (bicyclic) bond motifs is 1. The molecule has 0 fully saturated rings. The maximum Gasteiger partial charge on any atom is 0.387 e. The molecule has 0 heterocycles. The van der Waals surface area contributed by atoms with Gasteiger partial charge in [0.2, 0.25) is 0 Å². The van der Waals surface area contributed by atoms with Gasteiger partial charge >= 0.3 is 6.61 Å². The van der Waals surface area contributed by atoms with Gasteiger partial charge in [-0.25, -0.2) is 0 Å². The second kappa shape index (κ2) is 5.90. The molecule has 5 heteroatoms. The summed E-state index contributed by atoms with van der Waals surface area (Å²) >= 11 is 5.99. The van der Waals surface area contributed by atoms with E-state index in [1.165, 1.54) is 23.3 Å². The molecule has 0 saturated carbocycles. The van der Waals surface area contributed by atoms with E-state index in [2.05, 4.69) is 16.1 Å². The van der Waals surface area contributed by atoms with E-state index in [9.17, 15) is 8.78 Å². The Hall–Kier alpha value is -1.81. The highest BCUT2D eigenvalue weighted by Crippen LogP contribution is 2.27. The molecule has 0 bridgehead atoms. The van der Waals surface area contributed by atoms with Crippen LogP contribution in [0.15, 0.2) is 42.5 Å². The molecule has 2 aromatic rings. The first-order valence-corrected chi connectivity index (χ1v) is 7.06. The summed E-state index contributed by atoms with van der Waals surface area (Å²) in [7, 11) is 0. The Kier molecular flexibility index (Phi) is 3.97. The standard InChI is InChI=1S/C16H14ClF2NO/c17-12-2-1-10-8-14(9-11(10)7-12)20-13-3-5-15(6-4-13)21-16(18)19/h1-7,14,16,20H,8-9H2. The molecule has 0 amide bonds. The van der Waals surface area contributed by atoms with E-state index in [-0.39, 0.29) is 5.75 Å². The predicted molar refractivity (Wildman–Crippen MR) is 79.3 cm³/mol. The van der Waals surface area contributed by atoms with Crippen LogP contribution in [0.3, 0.4) is 0 Å². The van der Waals surface area contributed by atoms with E-state index in [1.54, 1.807) is 12.1 Å². The average Bonchev–Trinajstić information content (AvgIpc) is 2.82. The summed E-state index contributed by atoms with van der Waals surface area (Å²) in [5.74, 6) is 0.164. The molecule has 1 aliphatic rings.